The molecular weight excluding hydrogens is 268 g/mol. The second-order valence-corrected chi connectivity index (χ2v) is 5.47. The monoisotopic (exact) mass is 284 g/mol. The quantitative estimate of drug-likeness (QED) is 0.841. The molecule has 2 aliphatic rings. The lowest BCUT2D eigenvalue weighted by atomic mass is 10.1. The smallest absolute Gasteiger partial charge is 0.254 e. The third-order valence-electron chi connectivity index (χ3n) is 4.08. The van der Waals surface area contributed by atoms with Crippen molar-refractivity contribution in [2.75, 3.05) is 13.2 Å². The van der Waals surface area contributed by atoms with Crippen molar-refractivity contribution in [2.45, 2.75) is 25.1 Å². The number of carbonyl (C=O) groups excluding carboxylic acids is 1. The van der Waals surface area contributed by atoms with E-state index in [4.69, 9.17) is 4.74 Å². The van der Waals surface area contributed by atoms with E-state index in [2.05, 4.69) is 10.3 Å². The summed E-state index contributed by atoms with van der Waals surface area (Å²) in [5.41, 5.74) is 1.72. The summed E-state index contributed by atoms with van der Waals surface area (Å²) in [4.78, 5) is 14.8. The number of fused-ring (bicyclic) bond motifs is 1. The van der Waals surface area contributed by atoms with Crippen molar-refractivity contribution < 1.29 is 9.53 Å². The number of carbonyl (C=O) groups is 1. The highest BCUT2D eigenvalue weighted by Gasteiger charge is 2.47. The number of rotatable bonds is 3. The van der Waals surface area contributed by atoms with E-state index in [1.54, 1.807) is 17.1 Å². The van der Waals surface area contributed by atoms with Crippen LogP contribution in [0.1, 0.15) is 22.3 Å². The van der Waals surface area contributed by atoms with Gasteiger partial charge in [-0.05, 0) is 18.1 Å². The zero-order valence-electron chi connectivity index (χ0n) is 11.6. The molecule has 4 rings (SSSR count). The fourth-order valence-electron chi connectivity index (χ4n) is 2.90. The minimum absolute atomic E-state index is 0.0986. The topological polar surface area (TPSA) is 60.2 Å². The minimum atomic E-state index is 0.0986. The zero-order valence-corrected chi connectivity index (χ0v) is 11.6. The molecule has 108 valence electrons. The number of hydrogen-bond donors (Lipinski definition) is 0. The highest BCUT2D eigenvalue weighted by Crippen LogP contribution is 2.35. The summed E-state index contributed by atoms with van der Waals surface area (Å²) in [6.07, 6.45) is 4.66. The lowest BCUT2D eigenvalue weighted by Gasteiger charge is -2.27. The van der Waals surface area contributed by atoms with Gasteiger partial charge in [0, 0.05) is 18.3 Å². The first kappa shape index (κ1) is 12.5. The zero-order chi connectivity index (χ0) is 14.2. The molecule has 0 spiro atoms. The Morgan fingerprint density at radius 2 is 2.29 bits per heavy atom. The van der Waals surface area contributed by atoms with Crippen molar-refractivity contribution in [1.29, 1.82) is 0 Å². The minimum Gasteiger partial charge on any atom is -0.374 e. The van der Waals surface area contributed by atoms with Crippen LogP contribution in [0.4, 0.5) is 0 Å². The Labute approximate surface area is 122 Å². The molecule has 1 amide bonds. The molecule has 6 nitrogen and oxygen atoms in total. The van der Waals surface area contributed by atoms with Gasteiger partial charge in [-0.3, -0.25) is 4.79 Å². The molecule has 2 atom stereocenters. The van der Waals surface area contributed by atoms with Gasteiger partial charge in [0.05, 0.1) is 31.5 Å². The van der Waals surface area contributed by atoms with Crippen molar-refractivity contribution in [3.05, 3.63) is 47.8 Å². The number of hydrogen-bond acceptors (Lipinski definition) is 4. The maximum atomic E-state index is 12.8. The first-order valence-electron chi connectivity index (χ1n) is 7.17. The normalized spacial score (nSPS) is 23.7. The number of aromatic nitrogens is 3. The number of morpholine rings is 1. The van der Waals surface area contributed by atoms with Gasteiger partial charge in [0.15, 0.2) is 0 Å². The average molecular weight is 284 g/mol. The molecule has 1 aromatic heterocycles. The summed E-state index contributed by atoms with van der Waals surface area (Å²) in [7, 11) is 0. The van der Waals surface area contributed by atoms with Crippen LogP contribution >= 0.6 is 0 Å². The van der Waals surface area contributed by atoms with E-state index in [1.165, 1.54) is 0 Å². The van der Waals surface area contributed by atoms with Crippen LogP contribution in [-0.2, 0) is 11.3 Å². The predicted octanol–water partition coefficient (Wildman–Crippen LogP) is 0.940. The molecule has 2 unspecified atom stereocenters. The number of ether oxygens (including phenoxy) is 1. The van der Waals surface area contributed by atoms with Gasteiger partial charge in [-0.1, -0.05) is 23.4 Å². The molecule has 0 bridgehead atoms. The Balaban J connectivity index is 1.60. The maximum absolute atomic E-state index is 12.8. The second kappa shape index (κ2) is 4.96. The number of benzene rings is 1. The summed E-state index contributed by atoms with van der Waals surface area (Å²) in [6, 6.07) is 7.98. The maximum Gasteiger partial charge on any atom is 0.254 e. The summed E-state index contributed by atoms with van der Waals surface area (Å²) in [5, 5.41) is 7.77. The van der Waals surface area contributed by atoms with E-state index in [1.807, 2.05) is 29.2 Å². The molecule has 21 heavy (non-hydrogen) atoms. The summed E-state index contributed by atoms with van der Waals surface area (Å²) in [6.45, 7) is 1.87. The van der Waals surface area contributed by atoms with Crippen LogP contribution in [0.5, 0.6) is 0 Å². The predicted molar refractivity (Wildman–Crippen MR) is 74.7 cm³/mol. The Morgan fingerprint density at radius 1 is 1.38 bits per heavy atom. The van der Waals surface area contributed by atoms with E-state index < -0.39 is 0 Å². The number of nitrogens with zero attached hydrogens (tertiary/aromatic N) is 4. The van der Waals surface area contributed by atoms with E-state index in [-0.39, 0.29) is 18.1 Å². The SMILES string of the molecule is O=C(c1ccccc1Cn1ccnn1)N1CCOC2CC21. The molecule has 1 aliphatic heterocycles. The molecule has 2 fully saturated rings. The fraction of sp³-hybridized carbons (Fsp3) is 0.400. The van der Waals surface area contributed by atoms with Gasteiger partial charge in [0.1, 0.15) is 0 Å². The van der Waals surface area contributed by atoms with Crippen molar-refractivity contribution in [2.24, 2.45) is 0 Å². The largest absolute Gasteiger partial charge is 0.374 e. The van der Waals surface area contributed by atoms with Crippen molar-refractivity contribution in [3.63, 3.8) is 0 Å². The molecule has 0 N–H and O–H groups in total. The Hall–Kier alpha value is -2.21. The van der Waals surface area contributed by atoms with Crippen LogP contribution < -0.4 is 0 Å². The van der Waals surface area contributed by atoms with Crippen LogP contribution in [0.25, 0.3) is 0 Å². The van der Waals surface area contributed by atoms with Gasteiger partial charge in [-0.2, -0.15) is 0 Å². The van der Waals surface area contributed by atoms with E-state index in [0.29, 0.717) is 19.7 Å². The van der Waals surface area contributed by atoms with Gasteiger partial charge < -0.3 is 9.64 Å². The van der Waals surface area contributed by atoms with Gasteiger partial charge in [-0.15, -0.1) is 5.10 Å². The average Bonchev–Trinajstić information content (AvgIpc) is 3.15. The Bertz CT molecular complexity index is 655. The summed E-state index contributed by atoms with van der Waals surface area (Å²) in [5.74, 6) is 0.0986. The van der Waals surface area contributed by atoms with Gasteiger partial charge >= 0.3 is 0 Å². The Morgan fingerprint density at radius 3 is 3.14 bits per heavy atom. The lowest BCUT2D eigenvalue weighted by Crippen LogP contribution is -2.41. The fourth-order valence-corrected chi connectivity index (χ4v) is 2.90. The molecule has 1 aliphatic carbocycles. The first-order chi connectivity index (χ1) is 10.3. The summed E-state index contributed by atoms with van der Waals surface area (Å²) >= 11 is 0. The van der Waals surface area contributed by atoms with Gasteiger partial charge in [0.2, 0.25) is 0 Å². The lowest BCUT2D eigenvalue weighted by molar-refractivity contribution is 0.0261. The third-order valence-corrected chi connectivity index (χ3v) is 4.08. The molecular formula is C15H16N4O2. The molecule has 2 aromatic rings. The summed E-state index contributed by atoms with van der Waals surface area (Å²) < 4.78 is 7.29. The van der Waals surface area contributed by atoms with Crippen molar-refractivity contribution in [1.82, 2.24) is 19.9 Å². The van der Waals surface area contributed by atoms with E-state index in [9.17, 15) is 4.79 Å². The Kier molecular flexibility index (Phi) is 2.96. The van der Waals surface area contributed by atoms with Crippen LogP contribution in [0.2, 0.25) is 0 Å². The molecule has 1 saturated carbocycles. The van der Waals surface area contributed by atoms with Crippen molar-refractivity contribution >= 4 is 5.91 Å². The molecule has 0 radical (unpaired) electrons. The van der Waals surface area contributed by atoms with Crippen LogP contribution in [0, 0.1) is 0 Å². The molecule has 2 heterocycles. The van der Waals surface area contributed by atoms with Crippen LogP contribution in [-0.4, -0.2) is 51.1 Å². The first-order valence-corrected chi connectivity index (χ1v) is 7.17. The third kappa shape index (κ3) is 2.31. The van der Waals surface area contributed by atoms with Crippen molar-refractivity contribution in [3.8, 4) is 0 Å². The number of amides is 1. The van der Waals surface area contributed by atoms with Crippen LogP contribution in [0.3, 0.4) is 0 Å². The van der Waals surface area contributed by atoms with E-state index >= 15 is 0 Å². The molecule has 6 heteroatoms. The standard InChI is InChI=1S/C15H16N4O2/c20-15(19-7-8-21-14-9-13(14)19)12-4-2-1-3-11(12)10-18-6-5-16-17-18/h1-6,13-14H,7-10H2. The second-order valence-electron chi connectivity index (χ2n) is 5.47. The highest BCUT2D eigenvalue weighted by molar-refractivity contribution is 5.96. The van der Waals surface area contributed by atoms with Gasteiger partial charge in [-0.25, -0.2) is 4.68 Å². The highest BCUT2D eigenvalue weighted by atomic mass is 16.5. The van der Waals surface area contributed by atoms with E-state index in [0.717, 1.165) is 17.5 Å². The van der Waals surface area contributed by atoms with Gasteiger partial charge in [0.25, 0.3) is 5.91 Å². The van der Waals surface area contributed by atoms with Crippen LogP contribution in [0.15, 0.2) is 36.7 Å². The molecule has 1 saturated heterocycles. The molecule has 1 aromatic carbocycles.